The molecule has 0 atom stereocenters. The van der Waals surface area contributed by atoms with Crippen molar-refractivity contribution in [1.29, 1.82) is 0 Å². The van der Waals surface area contributed by atoms with Gasteiger partial charge in [0.15, 0.2) is 0 Å². The quantitative estimate of drug-likeness (QED) is 0.788. The standard InChI is InChI=1S/C12H13ClN2O2/c1-3-11-14-10(13)6-12(16)15(11)7-9-5-4-8(2)17-9/h4-6H,3,7H2,1-2H3. The molecule has 5 heteroatoms. The third-order valence-electron chi connectivity index (χ3n) is 2.48. The number of rotatable bonds is 3. The lowest BCUT2D eigenvalue weighted by Gasteiger charge is -2.08. The summed E-state index contributed by atoms with van der Waals surface area (Å²) in [5.41, 5.74) is -0.157. The number of halogens is 1. The van der Waals surface area contributed by atoms with Crippen molar-refractivity contribution in [2.24, 2.45) is 0 Å². The maximum atomic E-state index is 11.8. The Morgan fingerprint density at radius 2 is 2.24 bits per heavy atom. The molecule has 0 aliphatic rings. The number of nitrogens with zero attached hydrogens (tertiary/aromatic N) is 2. The second-order valence-electron chi connectivity index (χ2n) is 3.79. The van der Waals surface area contributed by atoms with Crippen LogP contribution in [0.15, 0.2) is 27.4 Å². The normalized spacial score (nSPS) is 10.8. The summed E-state index contributed by atoms with van der Waals surface area (Å²) in [4.78, 5) is 16.0. The van der Waals surface area contributed by atoms with E-state index >= 15 is 0 Å². The summed E-state index contributed by atoms with van der Waals surface area (Å²) in [5.74, 6) is 2.23. The van der Waals surface area contributed by atoms with Crippen LogP contribution in [0.1, 0.15) is 24.3 Å². The Labute approximate surface area is 104 Å². The first-order valence-corrected chi connectivity index (χ1v) is 5.79. The van der Waals surface area contributed by atoms with Gasteiger partial charge in [0.05, 0.1) is 6.54 Å². The predicted octanol–water partition coefficient (Wildman–Crippen LogP) is 2.41. The average Bonchev–Trinajstić information content (AvgIpc) is 2.67. The molecule has 0 spiro atoms. The molecule has 0 aromatic carbocycles. The summed E-state index contributed by atoms with van der Waals surface area (Å²) in [7, 11) is 0. The van der Waals surface area contributed by atoms with Crippen LogP contribution >= 0.6 is 11.6 Å². The van der Waals surface area contributed by atoms with E-state index in [4.69, 9.17) is 16.0 Å². The van der Waals surface area contributed by atoms with Crippen molar-refractivity contribution in [2.45, 2.75) is 26.8 Å². The Bertz CT molecular complexity index is 586. The van der Waals surface area contributed by atoms with Crippen LogP contribution in [0.25, 0.3) is 0 Å². The molecule has 2 rings (SSSR count). The largest absolute Gasteiger partial charge is 0.464 e. The van der Waals surface area contributed by atoms with Crippen LogP contribution in [0, 0.1) is 6.92 Å². The highest BCUT2D eigenvalue weighted by Crippen LogP contribution is 2.10. The summed E-state index contributed by atoms with van der Waals surface area (Å²) in [5, 5.41) is 0.235. The molecule has 2 aromatic heterocycles. The maximum Gasteiger partial charge on any atom is 0.255 e. The average molecular weight is 253 g/mol. The summed E-state index contributed by atoms with van der Waals surface area (Å²) in [6.45, 7) is 4.19. The highest BCUT2D eigenvalue weighted by molar-refractivity contribution is 6.29. The molecule has 0 aliphatic carbocycles. The first-order valence-electron chi connectivity index (χ1n) is 5.41. The number of aryl methyl sites for hydroxylation is 2. The molecule has 0 N–H and O–H groups in total. The number of hydrogen-bond acceptors (Lipinski definition) is 3. The van der Waals surface area contributed by atoms with Gasteiger partial charge in [0.1, 0.15) is 22.5 Å². The molecule has 0 saturated heterocycles. The first kappa shape index (κ1) is 11.9. The van der Waals surface area contributed by atoms with Crippen molar-refractivity contribution < 1.29 is 4.42 Å². The molecular weight excluding hydrogens is 240 g/mol. The highest BCUT2D eigenvalue weighted by atomic mass is 35.5. The molecule has 0 unspecified atom stereocenters. The molecule has 0 radical (unpaired) electrons. The van der Waals surface area contributed by atoms with Crippen LogP contribution < -0.4 is 5.56 Å². The van der Waals surface area contributed by atoms with Crippen LogP contribution in [0.2, 0.25) is 5.15 Å². The van der Waals surface area contributed by atoms with Gasteiger partial charge in [-0.3, -0.25) is 9.36 Å². The summed E-state index contributed by atoms with van der Waals surface area (Å²) in [6.07, 6.45) is 0.648. The van der Waals surface area contributed by atoms with Crippen molar-refractivity contribution in [1.82, 2.24) is 9.55 Å². The minimum atomic E-state index is -0.157. The Morgan fingerprint density at radius 1 is 1.47 bits per heavy atom. The molecule has 0 saturated carbocycles. The minimum Gasteiger partial charge on any atom is -0.464 e. The molecule has 90 valence electrons. The third kappa shape index (κ3) is 2.58. The zero-order valence-corrected chi connectivity index (χ0v) is 10.5. The van der Waals surface area contributed by atoms with E-state index in [0.29, 0.717) is 18.8 Å². The summed E-state index contributed by atoms with van der Waals surface area (Å²) in [6, 6.07) is 5.04. The van der Waals surface area contributed by atoms with Gasteiger partial charge in [0.2, 0.25) is 0 Å². The number of hydrogen-bond donors (Lipinski definition) is 0. The Hall–Kier alpha value is -1.55. The van der Waals surface area contributed by atoms with Gasteiger partial charge in [-0.05, 0) is 19.1 Å². The zero-order chi connectivity index (χ0) is 12.4. The Morgan fingerprint density at radius 3 is 2.82 bits per heavy atom. The molecule has 0 aliphatic heterocycles. The van der Waals surface area contributed by atoms with Crippen LogP contribution in [-0.4, -0.2) is 9.55 Å². The molecular formula is C12H13ClN2O2. The van der Waals surface area contributed by atoms with Crippen LogP contribution in [-0.2, 0) is 13.0 Å². The lowest BCUT2D eigenvalue weighted by Crippen LogP contribution is -2.24. The van der Waals surface area contributed by atoms with Crippen molar-refractivity contribution in [2.75, 3.05) is 0 Å². The van der Waals surface area contributed by atoms with Gasteiger partial charge in [0, 0.05) is 12.5 Å². The summed E-state index contributed by atoms with van der Waals surface area (Å²) < 4.78 is 7.03. The van der Waals surface area contributed by atoms with Crippen molar-refractivity contribution >= 4 is 11.6 Å². The van der Waals surface area contributed by atoms with Crippen molar-refractivity contribution in [3.63, 3.8) is 0 Å². The van der Waals surface area contributed by atoms with E-state index < -0.39 is 0 Å². The molecule has 0 amide bonds. The van der Waals surface area contributed by atoms with E-state index in [1.54, 1.807) is 4.57 Å². The van der Waals surface area contributed by atoms with Gasteiger partial charge >= 0.3 is 0 Å². The summed E-state index contributed by atoms with van der Waals surface area (Å²) >= 11 is 5.76. The molecule has 0 fully saturated rings. The Kier molecular flexibility index (Phi) is 3.33. The lowest BCUT2D eigenvalue weighted by atomic mass is 10.3. The minimum absolute atomic E-state index is 0.157. The fraction of sp³-hybridized carbons (Fsp3) is 0.333. The van der Waals surface area contributed by atoms with Crippen LogP contribution in [0.3, 0.4) is 0 Å². The van der Waals surface area contributed by atoms with Crippen molar-refractivity contribution in [3.8, 4) is 0 Å². The van der Waals surface area contributed by atoms with Gasteiger partial charge in [-0.15, -0.1) is 0 Å². The van der Waals surface area contributed by atoms with Gasteiger partial charge in [-0.25, -0.2) is 4.98 Å². The molecule has 17 heavy (non-hydrogen) atoms. The van der Waals surface area contributed by atoms with E-state index in [-0.39, 0.29) is 10.7 Å². The van der Waals surface area contributed by atoms with Gasteiger partial charge in [-0.1, -0.05) is 18.5 Å². The van der Waals surface area contributed by atoms with E-state index in [1.165, 1.54) is 6.07 Å². The smallest absolute Gasteiger partial charge is 0.255 e. The molecule has 0 bridgehead atoms. The first-order chi connectivity index (χ1) is 8.10. The fourth-order valence-corrected chi connectivity index (χ4v) is 1.88. The van der Waals surface area contributed by atoms with Crippen molar-refractivity contribution in [3.05, 3.63) is 51.1 Å². The Balaban J connectivity index is 2.41. The van der Waals surface area contributed by atoms with E-state index in [0.717, 1.165) is 11.5 Å². The highest BCUT2D eigenvalue weighted by Gasteiger charge is 2.08. The second-order valence-corrected chi connectivity index (χ2v) is 4.17. The van der Waals surface area contributed by atoms with Crippen LogP contribution in [0.4, 0.5) is 0 Å². The monoisotopic (exact) mass is 252 g/mol. The third-order valence-corrected chi connectivity index (χ3v) is 2.68. The van der Waals surface area contributed by atoms with Crippen LogP contribution in [0.5, 0.6) is 0 Å². The SMILES string of the molecule is CCc1nc(Cl)cc(=O)n1Cc1ccc(C)o1. The predicted molar refractivity (Wildman–Crippen MR) is 65.4 cm³/mol. The molecule has 2 heterocycles. The molecule has 4 nitrogen and oxygen atoms in total. The second kappa shape index (κ2) is 4.75. The lowest BCUT2D eigenvalue weighted by molar-refractivity contribution is 0.461. The number of aromatic nitrogens is 2. The van der Waals surface area contributed by atoms with E-state index in [9.17, 15) is 4.79 Å². The number of furan rings is 1. The topological polar surface area (TPSA) is 48.0 Å². The van der Waals surface area contributed by atoms with E-state index in [1.807, 2.05) is 26.0 Å². The maximum absolute atomic E-state index is 11.8. The van der Waals surface area contributed by atoms with Gasteiger partial charge in [-0.2, -0.15) is 0 Å². The zero-order valence-electron chi connectivity index (χ0n) is 9.74. The van der Waals surface area contributed by atoms with Gasteiger partial charge < -0.3 is 4.42 Å². The van der Waals surface area contributed by atoms with Gasteiger partial charge in [0.25, 0.3) is 5.56 Å². The molecule has 2 aromatic rings. The fourth-order valence-electron chi connectivity index (χ4n) is 1.69. The van der Waals surface area contributed by atoms with E-state index in [2.05, 4.69) is 4.98 Å².